The van der Waals surface area contributed by atoms with Crippen LogP contribution in [0.4, 0.5) is 11.4 Å². The van der Waals surface area contributed by atoms with Crippen molar-refractivity contribution in [3.05, 3.63) is 118 Å². The van der Waals surface area contributed by atoms with Crippen LogP contribution in [0.3, 0.4) is 0 Å². The molecule has 2 aliphatic rings. The molecule has 218 valence electrons. The summed E-state index contributed by atoms with van der Waals surface area (Å²) in [5.74, 6) is -0.476. The Balaban J connectivity index is 1.40. The maximum absolute atomic E-state index is 15.2. The first-order chi connectivity index (χ1) is 21.8. The summed E-state index contributed by atoms with van der Waals surface area (Å²) in [7, 11) is 0. The number of hydrogen-bond donors (Lipinski definition) is 2. The Labute approximate surface area is 260 Å². The van der Waals surface area contributed by atoms with Crippen LogP contribution in [-0.2, 0) is 16.8 Å². The van der Waals surface area contributed by atoms with Crippen LogP contribution in [0.25, 0.3) is 27.8 Å². The number of para-hydroxylation sites is 3. The van der Waals surface area contributed by atoms with Gasteiger partial charge in [-0.3, -0.25) is 4.79 Å². The van der Waals surface area contributed by atoms with Gasteiger partial charge in [-0.2, -0.15) is 5.26 Å². The van der Waals surface area contributed by atoms with Crippen LogP contribution in [0.2, 0.25) is 5.02 Å². The monoisotopic (exact) mass is 611 g/mol. The van der Waals surface area contributed by atoms with Crippen LogP contribution < -0.4 is 21.1 Å². The third-order valence-corrected chi connectivity index (χ3v) is 8.68. The molecule has 12 heteroatoms. The number of aromatic nitrogens is 5. The maximum Gasteiger partial charge on any atom is 0.248 e. The molecule has 8 rings (SSSR count). The minimum atomic E-state index is -1.72. The molecule has 6 aromatic rings. The van der Waals surface area contributed by atoms with Gasteiger partial charge in [0.1, 0.15) is 17.1 Å². The van der Waals surface area contributed by atoms with E-state index in [1.807, 2.05) is 61.5 Å². The van der Waals surface area contributed by atoms with Crippen LogP contribution in [0.5, 0.6) is 5.75 Å². The molecule has 4 aromatic carbocycles. The van der Waals surface area contributed by atoms with Crippen LogP contribution >= 0.6 is 11.6 Å². The number of halogens is 1. The van der Waals surface area contributed by atoms with E-state index in [1.54, 1.807) is 34.0 Å². The molecule has 0 bridgehead atoms. The molecule has 1 atom stereocenters. The highest BCUT2D eigenvalue weighted by atomic mass is 35.5. The quantitative estimate of drug-likeness (QED) is 0.211. The number of amides is 1. The Morgan fingerprint density at radius 3 is 2.53 bits per heavy atom. The Hall–Kier alpha value is -5.99. The molecule has 1 spiro atoms. The number of nitriles is 1. The van der Waals surface area contributed by atoms with Gasteiger partial charge in [0.15, 0.2) is 5.75 Å². The van der Waals surface area contributed by atoms with Crippen molar-refractivity contribution in [2.24, 2.45) is 5.73 Å². The second-order valence-corrected chi connectivity index (χ2v) is 11.4. The van der Waals surface area contributed by atoms with Crippen molar-refractivity contribution in [1.82, 2.24) is 25.0 Å². The van der Waals surface area contributed by atoms with Gasteiger partial charge in [-0.1, -0.05) is 53.2 Å². The zero-order valence-corrected chi connectivity index (χ0v) is 24.4. The van der Waals surface area contributed by atoms with Crippen molar-refractivity contribution in [3.63, 3.8) is 0 Å². The summed E-state index contributed by atoms with van der Waals surface area (Å²) in [5, 5.41) is 19.6. The average molecular weight is 612 g/mol. The minimum Gasteiger partial charge on any atom is -0.438 e. The number of aryl methyl sites for hydroxylation is 1. The number of carbonyl (C=O) groups excluding carboxylic acids is 1. The van der Waals surface area contributed by atoms with E-state index in [1.165, 1.54) is 0 Å². The SMILES string of the molecule is Cc1ccc(Cl)cc1-n1nncc1CN1C(=O)C2(C(C#N)=C(N)Oc3c(N)cc4nc5ccccc5nc4c32)c2ccccc21. The first-order valence-corrected chi connectivity index (χ1v) is 14.4. The number of fused-ring (bicyclic) bond motifs is 7. The molecular formula is C33H22ClN9O2. The number of carbonyl (C=O) groups is 1. The number of ether oxygens (including phenoxy) is 1. The molecule has 0 aliphatic carbocycles. The Kier molecular flexibility index (Phi) is 5.62. The fraction of sp³-hybridized carbons (Fsp3) is 0.0909. The van der Waals surface area contributed by atoms with E-state index < -0.39 is 11.3 Å². The molecule has 2 aliphatic heterocycles. The van der Waals surface area contributed by atoms with Crippen molar-refractivity contribution in [2.75, 3.05) is 10.6 Å². The van der Waals surface area contributed by atoms with E-state index in [0.29, 0.717) is 49.6 Å². The van der Waals surface area contributed by atoms with Crippen LogP contribution in [-0.4, -0.2) is 30.9 Å². The molecule has 1 unspecified atom stereocenters. The zero-order valence-electron chi connectivity index (χ0n) is 23.7. The predicted molar refractivity (Wildman–Crippen MR) is 168 cm³/mol. The molecule has 0 fully saturated rings. The smallest absolute Gasteiger partial charge is 0.248 e. The lowest BCUT2D eigenvalue weighted by Gasteiger charge is -2.35. The van der Waals surface area contributed by atoms with Crippen molar-refractivity contribution in [1.29, 1.82) is 5.26 Å². The number of anilines is 2. The van der Waals surface area contributed by atoms with Crippen LogP contribution in [0.15, 0.2) is 90.4 Å². The number of rotatable bonds is 3. The van der Waals surface area contributed by atoms with E-state index in [-0.39, 0.29) is 29.4 Å². The Morgan fingerprint density at radius 1 is 0.978 bits per heavy atom. The summed E-state index contributed by atoms with van der Waals surface area (Å²) < 4.78 is 7.67. The molecule has 2 aromatic heterocycles. The summed E-state index contributed by atoms with van der Waals surface area (Å²) in [4.78, 5) is 26.6. The van der Waals surface area contributed by atoms with E-state index in [0.717, 1.165) is 11.3 Å². The van der Waals surface area contributed by atoms with Gasteiger partial charge < -0.3 is 21.1 Å². The third kappa shape index (κ3) is 3.60. The van der Waals surface area contributed by atoms with E-state index in [2.05, 4.69) is 16.4 Å². The maximum atomic E-state index is 15.2. The topological polar surface area (TPSA) is 162 Å². The second-order valence-electron chi connectivity index (χ2n) is 10.9. The van der Waals surface area contributed by atoms with Gasteiger partial charge in [-0.25, -0.2) is 14.6 Å². The van der Waals surface area contributed by atoms with E-state index in [9.17, 15) is 5.26 Å². The van der Waals surface area contributed by atoms with Gasteiger partial charge in [-0.05, 0) is 48.9 Å². The lowest BCUT2D eigenvalue weighted by molar-refractivity contribution is -0.121. The molecule has 0 saturated carbocycles. The van der Waals surface area contributed by atoms with Crippen LogP contribution in [0, 0.1) is 18.3 Å². The van der Waals surface area contributed by atoms with E-state index in [4.69, 9.17) is 37.8 Å². The average Bonchev–Trinajstić information content (AvgIpc) is 3.59. The standard InChI is InChI=1S/C33H22ClN9O2/c1-17-10-11-18(34)12-27(17)43-19(15-38-41-43)16-42-26-9-5-2-6-20(26)33(32(42)44)21(14-35)31(37)45-30-22(36)13-25-29(28(30)33)40-24-8-4-3-7-23(24)39-25/h2-13,15H,16,36-37H2,1H3. The minimum absolute atomic E-state index is 0.0610. The highest BCUT2D eigenvalue weighted by molar-refractivity contribution is 6.30. The number of benzene rings is 4. The van der Waals surface area contributed by atoms with Gasteiger partial charge in [0.25, 0.3) is 0 Å². The molecule has 45 heavy (non-hydrogen) atoms. The van der Waals surface area contributed by atoms with Crippen molar-refractivity contribution in [2.45, 2.75) is 18.9 Å². The molecule has 11 nitrogen and oxygen atoms in total. The number of hydrogen-bond acceptors (Lipinski definition) is 9. The molecule has 0 saturated heterocycles. The Bertz CT molecular complexity index is 2340. The highest BCUT2D eigenvalue weighted by Crippen LogP contribution is 2.58. The number of nitrogens with two attached hydrogens (primary N) is 2. The van der Waals surface area contributed by atoms with Crippen molar-refractivity contribution < 1.29 is 9.53 Å². The first kappa shape index (κ1) is 26.6. The van der Waals surface area contributed by atoms with Gasteiger partial charge in [0, 0.05) is 16.3 Å². The zero-order chi connectivity index (χ0) is 31.0. The number of nitrogens with zero attached hydrogens (tertiary/aromatic N) is 7. The van der Waals surface area contributed by atoms with Crippen molar-refractivity contribution in [3.8, 4) is 17.5 Å². The van der Waals surface area contributed by atoms with Gasteiger partial charge in [0.2, 0.25) is 11.8 Å². The summed E-state index contributed by atoms with van der Waals surface area (Å²) in [6, 6.07) is 24.0. The first-order valence-electron chi connectivity index (χ1n) is 14.0. The van der Waals surface area contributed by atoms with Gasteiger partial charge in [0.05, 0.1) is 57.4 Å². The van der Waals surface area contributed by atoms with Crippen LogP contribution in [0.1, 0.15) is 22.4 Å². The summed E-state index contributed by atoms with van der Waals surface area (Å²) >= 11 is 6.33. The Morgan fingerprint density at radius 2 is 1.73 bits per heavy atom. The lowest BCUT2D eigenvalue weighted by atomic mass is 9.68. The van der Waals surface area contributed by atoms with Gasteiger partial charge in [-0.15, -0.1) is 5.10 Å². The molecule has 4 heterocycles. The molecule has 4 N–H and O–H groups in total. The second kappa shape index (κ2) is 9.51. The van der Waals surface area contributed by atoms with Crippen molar-refractivity contribution >= 4 is 50.9 Å². The fourth-order valence-corrected chi connectivity index (χ4v) is 6.63. The fourth-order valence-electron chi connectivity index (χ4n) is 6.46. The summed E-state index contributed by atoms with van der Waals surface area (Å²) in [6.07, 6.45) is 1.60. The third-order valence-electron chi connectivity index (χ3n) is 8.44. The van der Waals surface area contributed by atoms with E-state index >= 15 is 4.79 Å². The highest BCUT2D eigenvalue weighted by Gasteiger charge is 2.60. The summed E-state index contributed by atoms with van der Waals surface area (Å²) in [5.41, 5.74) is 17.2. The summed E-state index contributed by atoms with van der Waals surface area (Å²) in [6.45, 7) is 2.01. The number of nitrogen functional groups attached to an aromatic ring is 1. The lowest BCUT2D eigenvalue weighted by Crippen LogP contribution is -2.46. The normalized spacial score (nSPS) is 17.1. The molecule has 0 radical (unpaired) electrons. The van der Waals surface area contributed by atoms with Gasteiger partial charge >= 0.3 is 0 Å². The molecular weight excluding hydrogens is 590 g/mol. The predicted octanol–water partition coefficient (Wildman–Crippen LogP) is 4.83. The molecule has 1 amide bonds. The largest absolute Gasteiger partial charge is 0.438 e.